The molecule has 0 unspecified atom stereocenters. The fourth-order valence-electron chi connectivity index (χ4n) is 2.69. The van der Waals surface area contributed by atoms with Gasteiger partial charge in [-0.15, -0.1) is 0 Å². The van der Waals surface area contributed by atoms with Gasteiger partial charge in [0.25, 0.3) is 0 Å². The van der Waals surface area contributed by atoms with Crippen LogP contribution in [0.2, 0.25) is 0 Å². The van der Waals surface area contributed by atoms with Crippen molar-refractivity contribution >= 4 is 5.91 Å². The summed E-state index contributed by atoms with van der Waals surface area (Å²) in [4.78, 5) is 13.5. The summed E-state index contributed by atoms with van der Waals surface area (Å²) in [7, 11) is 0. The van der Waals surface area contributed by atoms with Crippen LogP contribution < -0.4 is 5.73 Å². The highest BCUT2D eigenvalue weighted by Gasteiger charge is 2.38. The van der Waals surface area contributed by atoms with Crippen LogP contribution in [0.3, 0.4) is 0 Å². The van der Waals surface area contributed by atoms with Gasteiger partial charge in [-0.1, -0.05) is 0 Å². The van der Waals surface area contributed by atoms with Crippen molar-refractivity contribution < 1.29 is 4.79 Å². The third-order valence-corrected chi connectivity index (χ3v) is 3.34. The number of likely N-dealkylation sites (tertiary alicyclic amines) is 1. The number of carbonyl (C=O) groups excluding carboxylic acids is 1. The highest BCUT2D eigenvalue weighted by molar-refractivity contribution is 5.80. The molecule has 0 bridgehead atoms. The largest absolute Gasteiger partial charge is 0.398 e. The van der Waals surface area contributed by atoms with E-state index in [-0.39, 0.29) is 5.91 Å². The molecule has 0 spiro atoms. The third-order valence-electron chi connectivity index (χ3n) is 3.34. The molecule has 0 radical (unpaired) electrons. The fourth-order valence-corrected chi connectivity index (χ4v) is 2.69. The topological polar surface area (TPSA) is 52.8 Å². The zero-order valence-corrected chi connectivity index (χ0v) is 8.78. The first-order valence-electron chi connectivity index (χ1n) is 5.59. The SMILES string of the molecule is NC1=C(N2CCCC2=O)N2CCCN2C1. The monoisotopic (exact) mass is 208 g/mol. The molecule has 0 aromatic heterocycles. The Balaban J connectivity index is 1.90. The lowest BCUT2D eigenvalue weighted by molar-refractivity contribution is -0.127. The second-order valence-electron chi connectivity index (χ2n) is 4.36. The molecule has 0 aromatic carbocycles. The van der Waals surface area contributed by atoms with E-state index in [0.29, 0.717) is 6.42 Å². The number of carbonyl (C=O) groups is 1. The minimum Gasteiger partial charge on any atom is -0.398 e. The summed E-state index contributed by atoms with van der Waals surface area (Å²) in [6.07, 6.45) is 2.80. The van der Waals surface area contributed by atoms with Crippen molar-refractivity contribution in [1.29, 1.82) is 0 Å². The summed E-state index contributed by atoms with van der Waals surface area (Å²) in [5, 5.41) is 4.41. The molecule has 2 saturated heterocycles. The van der Waals surface area contributed by atoms with E-state index in [1.54, 1.807) is 0 Å². The first-order chi connectivity index (χ1) is 7.27. The average Bonchev–Trinajstić information content (AvgIpc) is 2.82. The number of amides is 1. The zero-order valence-electron chi connectivity index (χ0n) is 8.78. The Morgan fingerprint density at radius 3 is 2.73 bits per heavy atom. The van der Waals surface area contributed by atoms with Crippen LogP contribution in [-0.4, -0.2) is 47.0 Å². The zero-order chi connectivity index (χ0) is 10.4. The number of hydrogen-bond acceptors (Lipinski definition) is 4. The van der Waals surface area contributed by atoms with Crippen molar-refractivity contribution in [2.24, 2.45) is 5.73 Å². The number of nitrogens with two attached hydrogens (primary N) is 1. The first-order valence-corrected chi connectivity index (χ1v) is 5.59. The highest BCUT2D eigenvalue weighted by atomic mass is 16.2. The lowest BCUT2D eigenvalue weighted by Crippen LogP contribution is -2.38. The minimum absolute atomic E-state index is 0.224. The van der Waals surface area contributed by atoms with Crippen LogP contribution in [-0.2, 0) is 4.79 Å². The van der Waals surface area contributed by atoms with Gasteiger partial charge in [-0.25, -0.2) is 5.01 Å². The average molecular weight is 208 g/mol. The Bertz CT molecular complexity index is 338. The molecule has 0 aliphatic carbocycles. The van der Waals surface area contributed by atoms with Crippen molar-refractivity contribution in [2.45, 2.75) is 19.3 Å². The fraction of sp³-hybridized carbons (Fsp3) is 0.700. The van der Waals surface area contributed by atoms with Crippen LogP contribution in [0.4, 0.5) is 0 Å². The molecular weight excluding hydrogens is 192 g/mol. The Morgan fingerprint density at radius 2 is 2.00 bits per heavy atom. The summed E-state index contributed by atoms with van der Waals surface area (Å²) < 4.78 is 0. The smallest absolute Gasteiger partial charge is 0.228 e. The maximum absolute atomic E-state index is 11.7. The lowest BCUT2D eigenvalue weighted by Gasteiger charge is -2.28. The molecule has 2 N–H and O–H groups in total. The molecule has 3 aliphatic rings. The summed E-state index contributed by atoms with van der Waals surface area (Å²) in [5.74, 6) is 1.19. The predicted octanol–water partition coefficient (Wildman–Crippen LogP) is -0.327. The van der Waals surface area contributed by atoms with Crippen LogP contribution in [0.25, 0.3) is 0 Å². The normalized spacial score (nSPS) is 27.1. The van der Waals surface area contributed by atoms with Crippen molar-refractivity contribution in [1.82, 2.24) is 14.9 Å². The molecular formula is C10H16N4O. The van der Waals surface area contributed by atoms with Crippen LogP contribution in [0.5, 0.6) is 0 Å². The molecule has 1 amide bonds. The van der Waals surface area contributed by atoms with Crippen molar-refractivity contribution in [3.63, 3.8) is 0 Å². The van der Waals surface area contributed by atoms with E-state index in [4.69, 9.17) is 5.73 Å². The summed E-state index contributed by atoms with van der Waals surface area (Å²) in [5.41, 5.74) is 6.87. The molecule has 5 heteroatoms. The molecule has 82 valence electrons. The quantitative estimate of drug-likeness (QED) is 0.641. The summed E-state index contributed by atoms with van der Waals surface area (Å²) in [6.45, 7) is 3.68. The van der Waals surface area contributed by atoms with E-state index in [1.807, 2.05) is 4.90 Å². The molecule has 3 rings (SSSR count). The number of rotatable bonds is 1. The van der Waals surface area contributed by atoms with Gasteiger partial charge in [0.2, 0.25) is 5.91 Å². The first kappa shape index (κ1) is 9.03. The molecule has 15 heavy (non-hydrogen) atoms. The van der Waals surface area contributed by atoms with Crippen molar-refractivity contribution in [3.8, 4) is 0 Å². The Morgan fingerprint density at radius 1 is 1.13 bits per heavy atom. The van der Waals surface area contributed by atoms with Crippen LogP contribution in [0.15, 0.2) is 11.5 Å². The van der Waals surface area contributed by atoms with E-state index >= 15 is 0 Å². The molecule has 0 atom stereocenters. The van der Waals surface area contributed by atoms with Crippen LogP contribution in [0, 0.1) is 0 Å². The maximum atomic E-state index is 11.7. The van der Waals surface area contributed by atoms with Crippen LogP contribution in [0.1, 0.15) is 19.3 Å². The van der Waals surface area contributed by atoms with E-state index in [0.717, 1.165) is 44.1 Å². The molecule has 0 aromatic rings. The van der Waals surface area contributed by atoms with Crippen LogP contribution >= 0.6 is 0 Å². The Kier molecular flexibility index (Phi) is 1.88. The lowest BCUT2D eigenvalue weighted by atomic mass is 10.3. The van der Waals surface area contributed by atoms with Crippen molar-refractivity contribution in [3.05, 3.63) is 11.5 Å². The summed E-state index contributed by atoms with van der Waals surface area (Å²) >= 11 is 0. The number of fused-ring (bicyclic) bond motifs is 1. The molecule has 3 heterocycles. The molecule has 0 saturated carbocycles. The van der Waals surface area contributed by atoms with Gasteiger partial charge in [0.05, 0.1) is 12.2 Å². The van der Waals surface area contributed by atoms with Gasteiger partial charge in [0.1, 0.15) is 5.82 Å². The predicted molar refractivity (Wildman–Crippen MR) is 55.1 cm³/mol. The van der Waals surface area contributed by atoms with E-state index < -0.39 is 0 Å². The number of hydrogen-bond donors (Lipinski definition) is 1. The summed E-state index contributed by atoms with van der Waals surface area (Å²) in [6, 6.07) is 0. The molecule has 5 nitrogen and oxygen atoms in total. The Hall–Kier alpha value is -1.23. The standard InChI is InChI=1S/C10H16N4O/c11-8-7-12-4-2-6-14(12)10(8)13-5-1-3-9(13)15/h1-7,11H2. The van der Waals surface area contributed by atoms with E-state index in [1.165, 1.54) is 6.42 Å². The van der Waals surface area contributed by atoms with Gasteiger partial charge in [-0.3, -0.25) is 14.7 Å². The third kappa shape index (κ3) is 1.23. The van der Waals surface area contributed by atoms with Gasteiger partial charge in [-0.2, -0.15) is 0 Å². The second kappa shape index (κ2) is 3.13. The minimum atomic E-state index is 0.224. The van der Waals surface area contributed by atoms with E-state index in [2.05, 4.69) is 10.0 Å². The number of hydrazine groups is 1. The highest BCUT2D eigenvalue weighted by Crippen LogP contribution is 2.30. The Labute approximate surface area is 89.1 Å². The van der Waals surface area contributed by atoms with Crippen molar-refractivity contribution in [2.75, 3.05) is 26.2 Å². The number of nitrogens with zero attached hydrogens (tertiary/aromatic N) is 3. The second-order valence-corrected chi connectivity index (χ2v) is 4.36. The van der Waals surface area contributed by atoms with Gasteiger partial charge in [0.15, 0.2) is 0 Å². The van der Waals surface area contributed by atoms with Gasteiger partial charge in [-0.05, 0) is 12.8 Å². The maximum Gasteiger partial charge on any atom is 0.228 e. The van der Waals surface area contributed by atoms with Gasteiger partial charge >= 0.3 is 0 Å². The molecule has 2 fully saturated rings. The van der Waals surface area contributed by atoms with Gasteiger partial charge in [0, 0.05) is 26.1 Å². The van der Waals surface area contributed by atoms with E-state index in [9.17, 15) is 4.79 Å². The van der Waals surface area contributed by atoms with Gasteiger partial charge < -0.3 is 5.73 Å². The molecule has 3 aliphatic heterocycles.